The molecular weight excluding hydrogens is 525 g/mol. The standard InChI is InChI=1S/C23H20F5N3O7/c1-10(30-23(37)22(36)29-8-11-3-2-4-12(24)5-11)21(35)31-15(7-17(33)34)16(32)9-38-20-18(27)13(25)6-14(26)19(20)28/h2-6,10,15H,7-9H2,1H3,(H,29,36)(H,30,37)(H,31,35)(H,33,34)/t10-,15-/m0/s1. The third-order valence-electron chi connectivity index (χ3n) is 4.80. The van der Waals surface area contributed by atoms with E-state index in [1.165, 1.54) is 18.2 Å². The van der Waals surface area contributed by atoms with Crippen LogP contribution in [0, 0.1) is 29.1 Å². The van der Waals surface area contributed by atoms with Crippen LogP contribution < -0.4 is 20.7 Å². The Balaban J connectivity index is 1.97. The second-order valence-corrected chi connectivity index (χ2v) is 7.72. The van der Waals surface area contributed by atoms with Crippen molar-refractivity contribution in [3.63, 3.8) is 0 Å². The molecular formula is C23H20F5N3O7. The van der Waals surface area contributed by atoms with Gasteiger partial charge < -0.3 is 25.8 Å². The van der Waals surface area contributed by atoms with E-state index >= 15 is 0 Å². The minimum absolute atomic E-state index is 0.0930. The average molecular weight is 545 g/mol. The van der Waals surface area contributed by atoms with Gasteiger partial charge in [0, 0.05) is 12.6 Å². The van der Waals surface area contributed by atoms with E-state index in [0.29, 0.717) is 5.56 Å². The summed E-state index contributed by atoms with van der Waals surface area (Å²) in [6.45, 7) is -0.416. The van der Waals surface area contributed by atoms with Crippen LogP contribution in [0.25, 0.3) is 0 Å². The number of rotatable bonds is 11. The zero-order chi connectivity index (χ0) is 28.6. The minimum atomic E-state index is -1.94. The zero-order valence-corrected chi connectivity index (χ0v) is 19.4. The van der Waals surface area contributed by atoms with Crippen LogP contribution in [-0.4, -0.2) is 53.3 Å². The van der Waals surface area contributed by atoms with Crippen molar-refractivity contribution in [2.45, 2.75) is 32.0 Å². The first-order valence-electron chi connectivity index (χ1n) is 10.6. The number of carbonyl (C=O) groups is 5. The van der Waals surface area contributed by atoms with Crippen LogP contribution in [0.15, 0.2) is 30.3 Å². The van der Waals surface area contributed by atoms with E-state index in [0.717, 1.165) is 13.0 Å². The van der Waals surface area contributed by atoms with Crippen molar-refractivity contribution in [3.8, 4) is 5.75 Å². The summed E-state index contributed by atoms with van der Waals surface area (Å²) in [5.74, 6) is -16.1. The maximum absolute atomic E-state index is 13.7. The predicted molar refractivity (Wildman–Crippen MR) is 117 cm³/mol. The lowest BCUT2D eigenvalue weighted by atomic mass is 10.1. The van der Waals surface area contributed by atoms with E-state index in [-0.39, 0.29) is 12.6 Å². The van der Waals surface area contributed by atoms with Crippen LogP contribution in [0.2, 0.25) is 0 Å². The van der Waals surface area contributed by atoms with Crippen molar-refractivity contribution in [1.82, 2.24) is 16.0 Å². The van der Waals surface area contributed by atoms with E-state index in [9.17, 15) is 45.9 Å². The van der Waals surface area contributed by atoms with Gasteiger partial charge in [-0.3, -0.25) is 24.0 Å². The molecule has 15 heteroatoms. The van der Waals surface area contributed by atoms with Gasteiger partial charge in [0.1, 0.15) is 24.5 Å². The van der Waals surface area contributed by atoms with Gasteiger partial charge >= 0.3 is 17.8 Å². The third-order valence-corrected chi connectivity index (χ3v) is 4.80. The largest absolute Gasteiger partial charge is 0.481 e. The summed E-state index contributed by atoms with van der Waals surface area (Å²) in [6, 6.07) is 1.71. The highest BCUT2D eigenvalue weighted by molar-refractivity contribution is 6.35. The predicted octanol–water partition coefficient (Wildman–Crippen LogP) is 1.11. The first-order valence-corrected chi connectivity index (χ1v) is 10.6. The Morgan fingerprint density at radius 3 is 2.13 bits per heavy atom. The number of hydrogen-bond donors (Lipinski definition) is 4. The van der Waals surface area contributed by atoms with Gasteiger partial charge in [0.2, 0.25) is 17.5 Å². The molecule has 4 N–H and O–H groups in total. The highest BCUT2D eigenvalue weighted by atomic mass is 19.2. The van der Waals surface area contributed by atoms with Crippen LogP contribution in [0.5, 0.6) is 5.75 Å². The number of nitrogens with one attached hydrogen (secondary N) is 3. The van der Waals surface area contributed by atoms with Crippen molar-refractivity contribution in [1.29, 1.82) is 0 Å². The molecule has 0 spiro atoms. The topological polar surface area (TPSA) is 151 Å². The number of carbonyl (C=O) groups excluding carboxylic acids is 4. The van der Waals surface area contributed by atoms with Crippen LogP contribution in [0.1, 0.15) is 18.9 Å². The van der Waals surface area contributed by atoms with Gasteiger partial charge in [-0.2, -0.15) is 8.78 Å². The summed E-state index contributed by atoms with van der Waals surface area (Å²) in [6.07, 6.45) is -1.04. The van der Waals surface area contributed by atoms with Gasteiger partial charge in [-0.25, -0.2) is 13.2 Å². The fraction of sp³-hybridized carbons (Fsp3) is 0.261. The van der Waals surface area contributed by atoms with Gasteiger partial charge in [-0.15, -0.1) is 0 Å². The maximum atomic E-state index is 13.7. The number of aliphatic carboxylic acids is 1. The molecule has 2 aromatic rings. The lowest BCUT2D eigenvalue weighted by Gasteiger charge is -2.20. The number of Topliss-reactive ketones (excluding diaryl/α,β-unsaturated/α-hetero) is 1. The number of carboxylic acid groups (broad SMARTS) is 1. The molecule has 0 fully saturated rings. The Bertz CT molecular complexity index is 1230. The second kappa shape index (κ2) is 13.1. The molecule has 2 atom stereocenters. The van der Waals surface area contributed by atoms with Crippen molar-refractivity contribution < 1.29 is 55.8 Å². The highest BCUT2D eigenvalue weighted by Crippen LogP contribution is 2.26. The molecule has 0 saturated heterocycles. The van der Waals surface area contributed by atoms with Gasteiger partial charge in [-0.1, -0.05) is 12.1 Å². The number of ether oxygens (including phenoxy) is 1. The lowest BCUT2D eigenvalue weighted by Crippen LogP contribution is -2.53. The van der Waals surface area contributed by atoms with Gasteiger partial charge in [-0.05, 0) is 24.6 Å². The molecule has 0 aliphatic rings. The fourth-order valence-electron chi connectivity index (χ4n) is 2.88. The quantitative estimate of drug-likeness (QED) is 0.188. The van der Waals surface area contributed by atoms with Crippen LogP contribution in [0.3, 0.4) is 0 Å². The number of amides is 3. The van der Waals surface area contributed by atoms with Crippen molar-refractivity contribution >= 4 is 29.5 Å². The normalized spacial score (nSPS) is 12.2. The minimum Gasteiger partial charge on any atom is -0.481 e. The van der Waals surface area contributed by atoms with Gasteiger partial charge in [0.25, 0.3) is 0 Å². The molecule has 10 nitrogen and oxygen atoms in total. The highest BCUT2D eigenvalue weighted by Gasteiger charge is 2.29. The molecule has 2 rings (SSSR count). The Morgan fingerprint density at radius 1 is 0.921 bits per heavy atom. The summed E-state index contributed by atoms with van der Waals surface area (Å²) in [4.78, 5) is 59.8. The summed E-state index contributed by atoms with van der Waals surface area (Å²) in [5.41, 5.74) is 0.343. The van der Waals surface area contributed by atoms with Crippen molar-refractivity contribution in [2.24, 2.45) is 0 Å². The average Bonchev–Trinajstić information content (AvgIpc) is 2.85. The van der Waals surface area contributed by atoms with E-state index in [2.05, 4.69) is 10.1 Å². The molecule has 38 heavy (non-hydrogen) atoms. The number of halogens is 5. The molecule has 0 saturated carbocycles. The molecule has 0 aliphatic heterocycles. The molecule has 0 bridgehead atoms. The molecule has 0 radical (unpaired) electrons. The van der Waals surface area contributed by atoms with Crippen LogP contribution >= 0.6 is 0 Å². The van der Waals surface area contributed by atoms with Crippen molar-refractivity contribution in [3.05, 3.63) is 65.0 Å². The van der Waals surface area contributed by atoms with Gasteiger partial charge in [0.05, 0.1) is 6.42 Å². The third kappa shape index (κ3) is 8.25. The number of hydrogen-bond acceptors (Lipinski definition) is 6. The van der Waals surface area contributed by atoms with Crippen LogP contribution in [-0.2, 0) is 30.5 Å². The van der Waals surface area contributed by atoms with Crippen LogP contribution in [0.4, 0.5) is 22.0 Å². The summed E-state index contributed by atoms with van der Waals surface area (Å²) >= 11 is 0. The summed E-state index contributed by atoms with van der Waals surface area (Å²) < 4.78 is 71.7. The molecule has 204 valence electrons. The summed E-state index contributed by atoms with van der Waals surface area (Å²) in [7, 11) is 0. The zero-order valence-electron chi connectivity index (χ0n) is 19.4. The molecule has 3 amide bonds. The molecule has 0 aliphatic carbocycles. The van der Waals surface area contributed by atoms with E-state index in [1.807, 2.05) is 10.6 Å². The van der Waals surface area contributed by atoms with Crippen molar-refractivity contribution in [2.75, 3.05) is 6.61 Å². The first-order chi connectivity index (χ1) is 17.8. The smallest absolute Gasteiger partial charge is 0.309 e. The van der Waals surface area contributed by atoms with E-state index < -0.39 is 89.4 Å². The molecule has 0 aromatic heterocycles. The van der Waals surface area contributed by atoms with E-state index in [1.54, 1.807) is 0 Å². The SMILES string of the molecule is C[C@H](NC(=O)C(=O)NCc1cccc(F)c1)C(=O)N[C@@H](CC(=O)O)C(=O)COc1c(F)c(F)cc(F)c1F. The van der Waals surface area contributed by atoms with E-state index in [4.69, 9.17) is 5.11 Å². The Kier molecular flexibility index (Phi) is 10.2. The number of carboxylic acids is 1. The molecule has 2 aromatic carbocycles. The second-order valence-electron chi connectivity index (χ2n) is 7.72. The lowest BCUT2D eigenvalue weighted by molar-refractivity contribution is -0.142. The Labute approximate surface area is 211 Å². The summed E-state index contributed by atoms with van der Waals surface area (Å²) in [5, 5.41) is 15.2. The maximum Gasteiger partial charge on any atom is 0.309 e. The monoisotopic (exact) mass is 545 g/mol. The fourth-order valence-corrected chi connectivity index (χ4v) is 2.88. The van der Waals surface area contributed by atoms with Gasteiger partial charge in [0.15, 0.2) is 23.2 Å². The molecule has 0 unspecified atom stereocenters. The Hall–Kier alpha value is -4.56. The number of benzene rings is 2. The first kappa shape index (κ1) is 29.7. The number of ketones is 1. The molecule has 0 heterocycles. The Morgan fingerprint density at radius 2 is 1.55 bits per heavy atom.